The summed E-state index contributed by atoms with van der Waals surface area (Å²) in [5.41, 5.74) is -0.874. The van der Waals surface area contributed by atoms with Crippen LogP contribution in [0.2, 0.25) is 5.02 Å². The zero-order valence-electron chi connectivity index (χ0n) is 14.9. The maximum Gasteiger partial charge on any atom is 0.417 e. The van der Waals surface area contributed by atoms with Gasteiger partial charge in [-0.15, -0.1) is 0 Å². The van der Waals surface area contributed by atoms with Crippen molar-refractivity contribution >= 4 is 23.3 Å². The van der Waals surface area contributed by atoms with Crippen molar-refractivity contribution in [1.82, 2.24) is 9.88 Å². The maximum absolute atomic E-state index is 12.8. The molecule has 1 amide bonds. The molecule has 3 heterocycles. The van der Waals surface area contributed by atoms with Gasteiger partial charge in [-0.2, -0.15) is 13.2 Å². The van der Waals surface area contributed by atoms with Crippen molar-refractivity contribution in [1.29, 1.82) is 0 Å². The normalized spacial score (nSPS) is 22.2. The number of aromatic nitrogens is 1. The Bertz CT molecular complexity index is 678. The zero-order valence-corrected chi connectivity index (χ0v) is 15.6. The Morgan fingerprint density at radius 3 is 2.52 bits per heavy atom. The van der Waals surface area contributed by atoms with Crippen LogP contribution in [0.15, 0.2) is 12.3 Å². The Balaban J connectivity index is 1.62. The first-order chi connectivity index (χ1) is 12.8. The second-order valence-electron chi connectivity index (χ2n) is 7.15. The highest BCUT2D eigenvalue weighted by molar-refractivity contribution is 6.33. The van der Waals surface area contributed by atoms with Gasteiger partial charge < -0.3 is 14.9 Å². The first-order valence-electron chi connectivity index (χ1n) is 9.20. The molecule has 0 saturated carbocycles. The molecular formula is C18H23ClF3N3O2. The van der Waals surface area contributed by atoms with Crippen LogP contribution in [-0.2, 0) is 11.0 Å². The van der Waals surface area contributed by atoms with Gasteiger partial charge in [-0.1, -0.05) is 11.6 Å². The van der Waals surface area contributed by atoms with E-state index in [2.05, 4.69) is 4.98 Å². The minimum absolute atomic E-state index is 0.0182. The Hall–Kier alpha value is -1.54. The fourth-order valence-corrected chi connectivity index (χ4v) is 4.16. The van der Waals surface area contributed by atoms with Crippen molar-refractivity contribution in [2.75, 3.05) is 31.1 Å². The lowest BCUT2D eigenvalue weighted by Gasteiger charge is -2.39. The number of carbonyl (C=O) groups is 1. The second-order valence-corrected chi connectivity index (χ2v) is 7.56. The molecule has 27 heavy (non-hydrogen) atoms. The average molecular weight is 406 g/mol. The summed E-state index contributed by atoms with van der Waals surface area (Å²) in [7, 11) is 0. The number of carbonyl (C=O) groups excluding carboxylic acids is 1. The molecule has 2 aliphatic rings. The summed E-state index contributed by atoms with van der Waals surface area (Å²) in [4.78, 5) is 20.3. The molecule has 0 aliphatic carbocycles. The first-order valence-corrected chi connectivity index (χ1v) is 9.58. The molecule has 2 saturated heterocycles. The van der Waals surface area contributed by atoms with Gasteiger partial charge in [0, 0.05) is 31.7 Å². The van der Waals surface area contributed by atoms with E-state index >= 15 is 0 Å². The van der Waals surface area contributed by atoms with Crippen LogP contribution >= 0.6 is 11.6 Å². The van der Waals surface area contributed by atoms with Crippen molar-refractivity contribution in [2.45, 2.75) is 44.3 Å². The number of amides is 1. The first kappa shape index (κ1) is 20.2. The monoisotopic (exact) mass is 405 g/mol. The van der Waals surface area contributed by atoms with Crippen LogP contribution in [0.25, 0.3) is 0 Å². The van der Waals surface area contributed by atoms with E-state index in [1.807, 2.05) is 4.90 Å². The predicted molar refractivity (Wildman–Crippen MR) is 95.6 cm³/mol. The molecule has 9 heteroatoms. The van der Waals surface area contributed by atoms with E-state index in [1.54, 1.807) is 4.90 Å². The number of likely N-dealkylation sites (tertiary alicyclic amines) is 1. The number of aliphatic hydroxyl groups excluding tert-OH is 1. The van der Waals surface area contributed by atoms with Crippen molar-refractivity contribution in [3.8, 4) is 0 Å². The lowest BCUT2D eigenvalue weighted by molar-refractivity contribution is -0.141. The van der Waals surface area contributed by atoms with Gasteiger partial charge in [0.25, 0.3) is 0 Å². The SMILES string of the molecule is O=C(C1CCN(c2ncc(C(F)(F)F)cc2Cl)CC1)N1CCCC[C@@H]1CO. The van der Waals surface area contributed by atoms with Crippen LogP contribution in [0.4, 0.5) is 19.0 Å². The number of piperidine rings is 2. The topological polar surface area (TPSA) is 56.7 Å². The molecule has 150 valence electrons. The molecule has 1 atom stereocenters. The molecule has 0 radical (unpaired) electrons. The summed E-state index contributed by atoms with van der Waals surface area (Å²) in [5.74, 6) is 0.253. The lowest BCUT2D eigenvalue weighted by atomic mass is 9.92. The minimum atomic E-state index is -4.48. The molecular weight excluding hydrogens is 383 g/mol. The molecule has 0 unspecified atom stereocenters. The number of rotatable bonds is 3. The second kappa shape index (κ2) is 8.22. The number of alkyl halides is 3. The van der Waals surface area contributed by atoms with Crippen LogP contribution in [0.3, 0.4) is 0 Å². The van der Waals surface area contributed by atoms with E-state index in [9.17, 15) is 23.1 Å². The fraction of sp³-hybridized carbons (Fsp3) is 0.667. The molecule has 1 N–H and O–H groups in total. The number of hydrogen-bond acceptors (Lipinski definition) is 4. The van der Waals surface area contributed by atoms with Gasteiger partial charge in [-0.25, -0.2) is 4.98 Å². The van der Waals surface area contributed by atoms with Crippen LogP contribution in [-0.4, -0.2) is 53.2 Å². The largest absolute Gasteiger partial charge is 0.417 e. The molecule has 2 fully saturated rings. The minimum Gasteiger partial charge on any atom is -0.394 e. The fourth-order valence-electron chi connectivity index (χ4n) is 3.87. The van der Waals surface area contributed by atoms with Gasteiger partial charge in [0.15, 0.2) is 0 Å². The number of halogens is 4. The molecule has 5 nitrogen and oxygen atoms in total. The van der Waals surface area contributed by atoms with Crippen molar-refractivity contribution in [3.05, 3.63) is 22.8 Å². The lowest BCUT2D eigenvalue weighted by Crippen LogP contribution is -2.50. The summed E-state index contributed by atoms with van der Waals surface area (Å²) < 4.78 is 38.2. The van der Waals surface area contributed by atoms with E-state index in [4.69, 9.17) is 11.6 Å². The summed E-state index contributed by atoms with van der Waals surface area (Å²) in [6, 6.07) is 0.788. The highest BCUT2D eigenvalue weighted by Gasteiger charge is 2.35. The molecule has 0 aromatic carbocycles. The summed E-state index contributed by atoms with van der Waals surface area (Å²) in [6.07, 6.45) is 0.285. The highest BCUT2D eigenvalue weighted by Crippen LogP contribution is 2.35. The van der Waals surface area contributed by atoms with Gasteiger partial charge >= 0.3 is 6.18 Å². The highest BCUT2D eigenvalue weighted by atomic mass is 35.5. The Kier molecular flexibility index (Phi) is 6.15. The molecule has 0 bridgehead atoms. The van der Waals surface area contributed by atoms with E-state index in [0.29, 0.717) is 38.3 Å². The standard InChI is InChI=1S/C18H23ClF3N3O2/c19-15-9-13(18(20,21)22)10-23-16(15)24-7-4-12(5-8-24)17(27)25-6-2-1-3-14(25)11-26/h9-10,12,14,26H,1-8,11H2/t14-/m1/s1. The summed E-state index contributed by atoms with van der Waals surface area (Å²) >= 11 is 6.02. The Morgan fingerprint density at radius 1 is 1.22 bits per heavy atom. The third-order valence-electron chi connectivity index (χ3n) is 5.41. The van der Waals surface area contributed by atoms with Crippen LogP contribution < -0.4 is 4.90 Å². The number of hydrogen-bond donors (Lipinski definition) is 1. The van der Waals surface area contributed by atoms with Crippen LogP contribution in [0, 0.1) is 5.92 Å². The van der Waals surface area contributed by atoms with E-state index < -0.39 is 11.7 Å². The van der Waals surface area contributed by atoms with E-state index in [-0.39, 0.29) is 29.5 Å². The molecule has 0 spiro atoms. The quantitative estimate of drug-likeness (QED) is 0.838. The number of nitrogens with zero attached hydrogens (tertiary/aromatic N) is 3. The van der Waals surface area contributed by atoms with Gasteiger partial charge in [0.1, 0.15) is 5.82 Å². The third-order valence-corrected chi connectivity index (χ3v) is 5.69. The van der Waals surface area contributed by atoms with E-state index in [0.717, 1.165) is 31.5 Å². The Labute approximate surface area is 161 Å². The maximum atomic E-state index is 12.8. The van der Waals surface area contributed by atoms with E-state index in [1.165, 1.54) is 0 Å². The average Bonchev–Trinajstić information content (AvgIpc) is 2.67. The van der Waals surface area contributed by atoms with Gasteiger partial charge in [-0.05, 0) is 38.2 Å². The number of anilines is 1. The third kappa shape index (κ3) is 4.48. The Morgan fingerprint density at radius 2 is 1.93 bits per heavy atom. The smallest absolute Gasteiger partial charge is 0.394 e. The zero-order chi connectivity index (χ0) is 19.6. The molecule has 1 aromatic rings. The van der Waals surface area contributed by atoms with Gasteiger partial charge in [0.05, 0.1) is 23.2 Å². The van der Waals surface area contributed by atoms with Gasteiger partial charge in [-0.3, -0.25) is 4.79 Å². The summed E-state index contributed by atoms with van der Waals surface area (Å²) in [5, 5.41) is 9.47. The summed E-state index contributed by atoms with van der Waals surface area (Å²) in [6.45, 7) is 1.67. The van der Waals surface area contributed by atoms with Crippen molar-refractivity contribution in [3.63, 3.8) is 0 Å². The molecule has 1 aromatic heterocycles. The van der Waals surface area contributed by atoms with Crippen LogP contribution in [0.5, 0.6) is 0 Å². The molecule has 3 rings (SSSR count). The van der Waals surface area contributed by atoms with Crippen molar-refractivity contribution in [2.24, 2.45) is 5.92 Å². The number of pyridine rings is 1. The van der Waals surface area contributed by atoms with Crippen molar-refractivity contribution < 1.29 is 23.1 Å². The predicted octanol–water partition coefficient (Wildman–Crippen LogP) is 3.34. The molecule has 2 aliphatic heterocycles. The van der Waals surface area contributed by atoms with Gasteiger partial charge in [0.2, 0.25) is 5.91 Å². The number of aliphatic hydroxyl groups is 1. The van der Waals surface area contributed by atoms with Crippen LogP contribution in [0.1, 0.15) is 37.7 Å².